The Morgan fingerprint density at radius 2 is 1.87 bits per heavy atom. The molecule has 2 unspecified atom stereocenters. The normalized spacial score (nSPS) is 27.8. The molecule has 6 rings (SSSR count). The van der Waals surface area contributed by atoms with Crippen molar-refractivity contribution in [1.29, 1.82) is 0 Å². The third-order valence-electron chi connectivity index (χ3n) is 7.10. The number of hydrogen-bond donors (Lipinski definition) is 1. The first-order chi connectivity index (χ1) is 14.5. The minimum atomic E-state index is -0.422. The Labute approximate surface area is 185 Å². The third kappa shape index (κ3) is 3.46. The molecular formula is C25H26BrFO3. The molecule has 4 aliphatic rings. The summed E-state index contributed by atoms with van der Waals surface area (Å²) in [4.78, 5) is 0. The van der Waals surface area contributed by atoms with Crippen molar-refractivity contribution in [3.63, 3.8) is 0 Å². The Hall–Kier alpha value is -1.85. The van der Waals surface area contributed by atoms with E-state index in [1.807, 2.05) is 18.2 Å². The molecular weight excluding hydrogens is 447 g/mol. The van der Waals surface area contributed by atoms with Gasteiger partial charge in [0.15, 0.2) is 11.6 Å². The van der Waals surface area contributed by atoms with Crippen LogP contribution in [0, 0.1) is 23.6 Å². The molecule has 2 aromatic carbocycles. The van der Waals surface area contributed by atoms with Crippen LogP contribution in [0.15, 0.2) is 46.6 Å². The van der Waals surface area contributed by atoms with Crippen molar-refractivity contribution in [3.05, 3.63) is 63.6 Å². The molecule has 1 heterocycles. The summed E-state index contributed by atoms with van der Waals surface area (Å²) in [5.41, 5.74) is 2.94. The third-order valence-corrected chi connectivity index (χ3v) is 7.59. The molecule has 3 aliphatic carbocycles. The zero-order chi connectivity index (χ0) is 20.8. The Morgan fingerprint density at radius 3 is 2.60 bits per heavy atom. The second-order valence-corrected chi connectivity index (χ2v) is 9.61. The average molecular weight is 473 g/mol. The van der Waals surface area contributed by atoms with Crippen molar-refractivity contribution in [2.24, 2.45) is 17.8 Å². The van der Waals surface area contributed by atoms with E-state index < -0.39 is 5.82 Å². The molecule has 0 amide bonds. The van der Waals surface area contributed by atoms with Crippen molar-refractivity contribution in [2.45, 2.75) is 45.1 Å². The van der Waals surface area contributed by atoms with E-state index in [1.165, 1.54) is 31.7 Å². The van der Waals surface area contributed by atoms with Crippen LogP contribution in [0.25, 0.3) is 5.57 Å². The fourth-order valence-electron chi connectivity index (χ4n) is 5.58. The summed E-state index contributed by atoms with van der Waals surface area (Å²) >= 11 is 3.27. The maximum atomic E-state index is 14.2. The molecule has 158 valence electrons. The van der Waals surface area contributed by atoms with Gasteiger partial charge in [0.1, 0.15) is 11.5 Å². The van der Waals surface area contributed by atoms with Crippen molar-refractivity contribution < 1.29 is 19.0 Å². The van der Waals surface area contributed by atoms with Crippen molar-refractivity contribution in [3.8, 4) is 11.5 Å². The predicted molar refractivity (Wildman–Crippen MR) is 118 cm³/mol. The summed E-state index contributed by atoms with van der Waals surface area (Å²) in [5.74, 6) is 2.00. The number of rotatable bonds is 4. The van der Waals surface area contributed by atoms with E-state index in [-0.39, 0.29) is 17.8 Å². The van der Waals surface area contributed by atoms with Gasteiger partial charge in [-0.3, -0.25) is 0 Å². The zero-order valence-electron chi connectivity index (χ0n) is 17.0. The van der Waals surface area contributed by atoms with Crippen LogP contribution in [0.3, 0.4) is 0 Å². The van der Waals surface area contributed by atoms with E-state index >= 15 is 0 Å². The molecule has 0 aromatic heterocycles. The first kappa shape index (κ1) is 20.1. The van der Waals surface area contributed by atoms with Crippen LogP contribution in [-0.2, 0) is 11.2 Å². The first-order valence-corrected chi connectivity index (χ1v) is 11.6. The quantitative estimate of drug-likeness (QED) is 0.517. The summed E-state index contributed by atoms with van der Waals surface area (Å²) in [6.07, 6.45) is 5.79. The fourth-order valence-corrected chi connectivity index (χ4v) is 5.91. The number of ether oxygens (including phenoxy) is 2. The molecule has 30 heavy (non-hydrogen) atoms. The Balaban J connectivity index is 1.51. The number of benzene rings is 2. The van der Waals surface area contributed by atoms with E-state index in [2.05, 4.69) is 22.9 Å². The highest BCUT2D eigenvalue weighted by atomic mass is 79.9. The summed E-state index contributed by atoms with van der Waals surface area (Å²) in [7, 11) is 0. The Morgan fingerprint density at radius 1 is 1.10 bits per heavy atom. The van der Waals surface area contributed by atoms with Gasteiger partial charge < -0.3 is 14.6 Å². The molecule has 1 aliphatic heterocycles. The first-order valence-electron chi connectivity index (χ1n) is 10.8. The lowest BCUT2D eigenvalue weighted by atomic mass is 9.61. The highest BCUT2D eigenvalue weighted by Crippen LogP contribution is 2.52. The molecule has 3 nitrogen and oxygen atoms in total. The Kier molecular flexibility index (Phi) is 5.36. The van der Waals surface area contributed by atoms with Crippen LogP contribution in [0.1, 0.15) is 43.7 Å². The van der Waals surface area contributed by atoms with Crippen molar-refractivity contribution in [2.75, 3.05) is 6.61 Å². The molecule has 3 fully saturated rings. The number of hydrogen-bond acceptors (Lipinski definition) is 3. The molecule has 2 bridgehead atoms. The second kappa shape index (κ2) is 8.01. The van der Waals surface area contributed by atoms with Gasteiger partial charge in [-0.1, -0.05) is 28.9 Å². The van der Waals surface area contributed by atoms with Gasteiger partial charge in [-0.05, 0) is 85.4 Å². The monoisotopic (exact) mass is 472 g/mol. The zero-order valence-corrected chi connectivity index (χ0v) is 18.6. The minimum Gasteiger partial charge on any atom is -0.512 e. The van der Waals surface area contributed by atoms with Gasteiger partial charge in [0.25, 0.3) is 0 Å². The highest BCUT2D eigenvalue weighted by Gasteiger charge is 2.48. The van der Waals surface area contributed by atoms with E-state index in [9.17, 15) is 9.50 Å². The SMILES string of the molecule is CCc1ccc(Oc2ccc(Br)cc2F)cc1C1=C(O)C2C3CCC(CC3)C2OC1. The summed E-state index contributed by atoms with van der Waals surface area (Å²) in [6, 6.07) is 10.5. The van der Waals surface area contributed by atoms with Crippen LogP contribution < -0.4 is 4.74 Å². The number of aliphatic hydroxyl groups is 1. The van der Waals surface area contributed by atoms with Gasteiger partial charge in [-0.2, -0.15) is 0 Å². The predicted octanol–water partition coefficient (Wildman–Crippen LogP) is 7.05. The van der Waals surface area contributed by atoms with Gasteiger partial charge in [-0.15, -0.1) is 0 Å². The van der Waals surface area contributed by atoms with E-state index in [0.29, 0.717) is 34.4 Å². The van der Waals surface area contributed by atoms with Crippen LogP contribution in [0.5, 0.6) is 11.5 Å². The lowest BCUT2D eigenvalue weighted by Gasteiger charge is -2.50. The van der Waals surface area contributed by atoms with Crippen molar-refractivity contribution >= 4 is 21.5 Å². The van der Waals surface area contributed by atoms with Crippen LogP contribution in [-0.4, -0.2) is 17.8 Å². The van der Waals surface area contributed by atoms with Gasteiger partial charge in [0.05, 0.1) is 12.7 Å². The topological polar surface area (TPSA) is 38.7 Å². The molecule has 2 atom stereocenters. The van der Waals surface area contributed by atoms with Gasteiger partial charge >= 0.3 is 0 Å². The Bertz CT molecular complexity index is 994. The minimum absolute atomic E-state index is 0.111. The number of aryl methyl sites for hydroxylation is 1. The molecule has 1 N–H and O–H groups in total. The van der Waals surface area contributed by atoms with E-state index in [4.69, 9.17) is 9.47 Å². The van der Waals surface area contributed by atoms with Crippen LogP contribution in [0.4, 0.5) is 4.39 Å². The molecule has 0 spiro atoms. The lowest BCUT2D eigenvalue weighted by molar-refractivity contribution is -0.0972. The number of aliphatic hydroxyl groups excluding tert-OH is 1. The molecule has 2 aromatic rings. The van der Waals surface area contributed by atoms with Gasteiger partial charge in [0, 0.05) is 16.0 Å². The van der Waals surface area contributed by atoms with Crippen molar-refractivity contribution in [1.82, 2.24) is 0 Å². The highest BCUT2D eigenvalue weighted by molar-refractivity contribution is 9.10. The van der Waals surface area contributed by atoms with E-state index in [0.717, 1.165) is 23.1 Å². The lowest BCUT2D eigenvalue weighted by Crippen LogP contribution is -2.48. The van der Waals surface area contributed by atoms with Gasteiger partial charge in [0.2, 0.25) is 0 Å². The number of halogens is 2. The molecule has 5 heteroatoms. The smallest absolute Gasteiger partial charge is 0.166 e. The second-order valence-electron chi connectivity index (χ2n) is 8.69. The maximum absolute atomic E-state index is 14.2. The summed E-state index contributed by atoms with van der Waals surface area (Å²) < 4.78 is 27.1. The fraction of sp³-hybridized carbons (Fsp3) is 0.440. The van der Waals surface area contributed by atoms with Crippen LogP contribution in [0.2, 0.25) is 0 Å². The standard InChI is InChI=1S/C25H26BrFO3/c1-2-14-7-9-18(30-22-10-8-17(26)11-21(22)27)12-19(14)20-13-29-25-16-5-3-15(4-6-16)23(25)24(20)28/h7-12,15-16,23,25,28H,2-6,13H2,1H3. The summed E-state index contributed by atoms with van der Waals surface area (Å²) in [5, 5.41) is 11.3. The number of fused-ring (bicyclic) bond motifs is 2. The molecule has 0 saturated heterocycles. The van der Waals surface area contributed by atoms with Gasteiger partial charge in [-0.25, -0.2) is 4.39 Å². The summed E-state index contributed by atoms with van der Waals surface area (Å²) in [6.45, 7) is 2.51. The van der Waals surface area contributed by atoms with Crippen LogP contribution >= 0.6 is 15.9 Å². The average Bonchev–Trinajstić information content (AvgIpc) is 2.77. The largest absolute Gasteiger partial charge is 0.512 e. The molecule has 0 radical (unpaired) electrons. The molecule has 3 saturated carbocycles. The van der Waals surface area contributed by atoms with E-state index in [1.54, 1.807) is 12.1 Å². The maximum Gasteiger partial charge on any atom is 0.166 e.